The Hall–Kier alpha value is -3.99. The molecule has 160 valence electrons. The first-order chi connectivity index (χ1) is 15.8. The van der Waals surface area contributed by atoms with E-state index in [1.54, 1.807) is 0 Å². The fourth-order valence-corrected chi connectivity index (χ4v) is 4.05. The number of aromatic amines is 1. The molecule has 0 aliphatic heterocycles. The number of hydrogen-bond acceptors (Lipinski definition) is 4. The van der Waals surface area contributed by atoms with E-state index in [9.17, 15) is 0 Å². The minimum absolute atomic E-state index is 0.610. The molecule has 0 radical (unpaired) electrons. The molecular weight excluding hydrogens is 396 g/mol. The largest absolute Gasteiger partial charge is 0.492 e. The Morgan fingerprint density at radius 3 is 2.66 bits per heavy atom. The van der Waals surface area contributed by atoms with Crippen molar-refractivity contribution in [3.63, 3.8) is 0 Å². The predicted molar refractivity (Wildman–Crippen MR) is 133 cm³/mol. The number of nitrogens with zero attached hydrogens (tertiary/aromatic N) is 1. The molecule has 2 aromatic heterocycles. The van der Waals surface area contributed by atoms with Crippen molar-refractivity contribution >= 4 is 38.9 Å². The van der Waals surface area contributed by atoms with E-state index >= 15 is 0 Å². The van der Waals surface area contributed by atoms with Crippen molar-refractivity contribution in [3.8, 4) is 5.75 Å². The van der Waals surface area contributed by atoms with Crippen molar-refractivity contribution in [2.45, 2.75) is 13.3 Å². The fourth-order valence-electron chi connectivity index (χ4n) is 4.05. The second-order valence-corrected chi connectivity index (χ2v) is 7.68. The number of fused-ring (bicyclic) bond motifs is 2. The maximum absolute atomic E-state index is 5.94. The summed E-state index contributed by atoms with van der Waals surface area (Å²) >= 11 is 0. The summed E-state index contributed by atoms with van der Waals surface area (Å²) in [5.41, 5.74) is 6.46. The number of aromatic nitrogens is 2. The van der Waals surface area contributed by atoms with Gasteiger partial charge in [-0.2, -0.15) is 0 Å². The molecule has 0 aliphatic carbocycles. The summed E-state index contributed by atoms with van der Waals surface area (Å²) in [6.07, 6.45) is 4.86. The zero-order valence-electron chi connectivity index (χ0n) is 18.1. The molecule has 0 aliphatic rings. The average molecular weight is 423 g/mol. The molecule has 0 amide bonds. The van der Waals surface area contributed by atoms with Gasteiger partial charge in [-0.3, -0.25) is 4.98 Å². The lowest BCUT2D eigenvalue weighted by molar-refractivity contribution is 0.342. The van der Waals surface area contributed by atoms with Crippen LogP contribution in [0.2, 0.25) is 0 Å². The third-order valence-corrected chi connectivity index (χ3v) is 5.59. The topological polar surface area (TPSA) is 62.0 Å². The average Bonchev–Trinajstić information content (AvgIpc) is 3.24. The third kappa shape index (κ3) is 4.10. The quantitative estimate of drug-likeness (QED) is 0.267. The summed E-state index contributed by atoms with van der Waals surface area (Å²) in [7, 11) is 0. The van der Waals surface area contributed by atoms with Crippen LogP contribution in [-0.4, -0.2) is 23.1 Å². The highest BCUT2D eigenvalue weighted by Gasteiger charge is 2.08. The number of benzene rings is 3. The number of rotatable bonds is 8. The summed E-state index contributed by atoms with van der Waals surface area (Å²) < 4.78 is 5.94. The molecule has 32 heavy (non-hydrogen) atoms. The van der Waals surface area contributed by atoms with Gasteiger partial charge in [0.25, 0.3) is 0 Å². The molecule has 5 rings (SSSR count). The van der Waals surface area contributed by atoms with E-state index in [2.05, 4.69) is 69.3 Å². The van der Waals surface area contributed by atoms with E-state index in [0.29, 0.717) is 6.61 Å². The van der Waals surface area contributed by atoms with Crippen LogP contribution in [0.1, 0.15) is 12.5 Å². The lowest BCUT2D eigenvalue weighted by atomic mass is 10.1. The van der Waals surface area contributed by atoms with Crippen molar-refractivity contribution in [2.75, 3.05) is 23.8 Å². The Balaban J connectivity index is 1.32. The number of hydrogen-bond donors (Lipinski definition) is 3. The number of anilines is 3. The molecule has 0 bridgehead atoms. The lowest BCUT2D eigenvalue weighted by Crippen LogP contribution is -2.07. The number of nitrogens with one attached hydrogen (secondary N) is 3. The Labute approximate surface area is 187 Å². The highest BCUT2D eigenvalue weighted by molar-refractivity contribution is 5.93. The van der Waals surface area contributed by atoms with Crippen molar-refractivity contribution < 1.29 is 4.74 Å². The van der Waals surface area contributed by atoms with Gasteiger partial charge in [-0.05, 0) is 49.2 Å². The van der Waals surface area contributed by atoms with Crippen molar-refractivity contribution in [3.05, 3.63) is 90.8 Å². The van der Waals surface area contributed by atoms with E-state index in [0.717, 1.165) is 46.7 Å². The van der Waals surface area contributed by atoms with Gasteiger partial charge >= 0.3 is 0 Å². The Kier molecular flexibility index (Phi) is 5.62. The summed E-state index contributed by atoms with van der Waals surface area (Å²) in [5.74, 6) is 0.842. The molecule has 0 atom stereocenters. The number of para-hydroxylation sites is 2. The lowest BCUT2D eigenvalue weighted by Gasteiger charge is -2.15. The van der Waals surface area contributed by atoms with Gasteiger partial charge in [-0.25, -0.2) is 0 Å². The molecule has 3 aromatic carbocycles. The van der Waals surface area contributed by atoms with E-state index in [1.807, 2.05) is 43.5 Å². The van der Waals surface area contributed by atoms with E-state index in [4.69, 9.17) is 4.74 Å². The highest BCUT2D eigenvalue weighted by Crippen LogP contribution is 2.32. The Morgan fingerprint density at radius 2 is 1.75 bits per heavy atom. The van der Waals surface area contributed by atoms with Crippen LogP contribution in [0.4, 0.5) is 17.1 Å². The van der Waals surface area contributed by atoms with Crippen LogP contribution >= 0.6 is 0 Å². The monoisotopic (exact) mass is 422 g/mol. The molecule has 2 heterocycles. The van der Waals surface area contributed by atoms with Crippen LogP contribution < -0.4 is 15.4 Å². The van der Waals surface area contributed by atoms with Gasteiger partial charge in [0.15, 0.2) is 0 Å². The Bertz CT molecular complexity index is 1350. The number of pyridine rings is 1. The summed E-state index contributed by atoms with van der Waals surface area (Å²) in [6.45, 7) is 3.44. The van der Waals surface area contributed by atoms with Gasteiger partial charge in [-0.1, -0.05) is 36.4 Å². The maximum Gasteiger partial charge on any atom is 0.144 e. The SMILES string of the molecule is CCOc1cc(Nc2ccnc3ccccc23)ccc1NCCc1c[nH]c2ccccc12. The first-order valence-electron chi connectivity index (χ1n) is 11.0. The van der Waals surface area contributed by atoms with Crippen LogP contribution in [0, 0.1) is 0 Å². The number of H-pyrrole nitrogens is 1. The molecule has 5 aromatic rings. The zero-order chi connectivity index (χ0) is 21.8. The van der Waals surface area contributed by atoms with E-state index in [1.165, 1.54) is 16.5 Å². The molecule has 5 nitrogen and oxygen atoms in total. The molecule has 0 fully saturated rings. The maximum atomic E-state index is 5.94. The minimum atomic E-state index is 0.610. The Morgan fingerprint density at radius 1 is 0.906 bits per heavy atom. The van der Waals surface area contributed by atoms with Crippen LogP contribution in [0.5, 0.6) is 5.75 Å². The molecule has 5 heteroatoms. The molecule has 0 unspecified atom stereocenters. The second kappa shape index (κ2) is 9.02. The smallest absolute Gasteiger partial charge is 0.144 e. The summed E-state index contributed by atoms with van der Waals surface area (Å²) in [6, 6.07) is 24.7. The van der Waals surface area contributed by atoms with Gasteiger partial charge in [0.1, 0.15) is 5.75 Å². The first-order valence-corrected chi connectivity index (χ1v) is 11.0. The molecule has 0 saturated heterocycles. The third-order valence-electron chi connectivity index (χ3n) is 5.59. The standard InChI is InChI=1S/C27H26N4O/c1-2-32-27-17-20(31-25-14-16-28-24-10-6-4-8-22(24)25)11-12-26(27)29-15-13-19-18-30-23-9-5-3-7-21(19)23/h3-12,14,16-18,29-30H,2,13,15H2,1H3,(H,28,31). The first kappa shape index (κ1) is 19.9. The van der Waals surface area contributed by atoms with E-state index in [-0.39, 0.29) is 0 Å². The van der Waals surface area contributed by atoms with Crippen LogP contribution in [-0.2, 0) is 6.42 Å². The predicted octanol–water partition coefficient (Wildman–Crippen LogP) is 6.51. The molecule has 0 spiro atoms. The van der Waals surface area contributed by atoms with Crippen molar-refractivity contribution in [1.29, 1.82) is 0 Å². The van der Waals surface area contributed by atoms with Crippen molar-refractivity contribution in [1.82, 2.24) is 9.97 Å². The van der Waals surface area contributed by atoms with Gasteiger partial charge in [0.05, 0.1) is 17.8 Å². The van der Waals surface area contributed by atoms with E-state index < -0.39 is 0 Å². The minimum Gasteiger partial charge on any atom is -0.492 e. The van der Waals surface area contributed by atoms with Crippen LogP contribution in [0.15, 0.2) is 85.2 Å². The summed E-state index contributed by atoms with van der Waals surface area (Å²) in [5, 5.41) is 9.44. The second-order valence-electron chi connectivity index (χ2n) is 7.68. The van der Waals surface area contributed by atoms with Gasteiger partial charge in [0.2, 0.25) is 0 Å². The molecular formula is C27H26N4O. The van der Waals surface area contributed by atoms with Crippen molar-refractivity contribution in [2.24, 2.45) is 0 Å². The van der Waals surface area contributed by atoms with Crippen LogP contribution in [0.3, 0.4) is 0 Å². The molecule has 3 N–H and O–H groups in total. The van der Waals surface area contributed by atoms with Gasteiger partial charge in [-0.15, -0.1) is 0 Å². The van der Waals surface area contributed by atoms with Gasteiger partial charge < -0.3 is 20.4 Å². The fraction of sp³-hybridized carbons (Fsp3) is 0.148. The molecule has 0 saturated carbocycles. The van der Waals surface area contributed by atoms with Gasteiger partial charge in [0, 0.05) is 52.7 Å². The van der Waals surface area contributed by atoms with Crippen LogP contribution in [0.25, 0.3) is 21.8 Å². The highest BCUT2D eigenvalue weighted by atomic mass is 16.5. The summed E-state index contributed by atoms with van der Waals surface area (Å²) in [4.78, 5) is 7.79. The zero-order valence-corrected chi connectivity index (χ0v) is 18.1. The number of ether oxygens (including phenoxy) is 1. The normalized spacial score (nSPS) is 11.0.